The molecule has 1 rings (SSSR count). The average Bonchev–Trinajstić information content (AvgIpc) is 2.15. The molecule has 0 spiro atoms. The van der Waals surface area contributed by atoms with Gasteiger partial charge in [0.05, 0.1) is 0 Å². The SMILES string of the molecule is C=NC1=C(SCCN)CCCC1. The van der Waals surface area contributed by atoms with Crippen LogP contribution in [0.2, 0.25) is 0 Å². The number of nitrogens with zero attached hydrogens (tertiary/aromatic N) is 1. The first-order valence-corrected chi connectivity index (χ1v) is 5.38. The average molecular weight is 184 g/mol. The van der Waals surface area contributed by atoms with Gasteiger partial charge in [0, 0.05) is 22.9 Å². The molecule has 0 atom stereocenters. The van der Waals surface area contributed by atoms with E-state index in [0.717, 1.165) is 18.7 Å². The highest BCUT2D eigenvalue weighted by atomic mass is 32.2. The molecule has 0 aromatic heterocycles. The Morgan fingerprint density at radius 3 is 2.83 bits per heavy atom. The first-order valence-electron chi connectivity index (χ1n) is 4.40. The normalized spacial score (nSPS) is 18.1. The van der Waals surface area contributed by atoms with Crippen molar-refractivity contribution in [1.29, 1.82) is 0 Å². The molecule has 1 aliphatic carbocycles. The van der Waals surface area contributed by atoms with E-state index in [9.17, 15) is 0 Å². The van der Waals surface area contributed by atoms with Gasteiger partial charge in [-0.1, -0.05) is 0 Å². The zero-order valence-corrected chi connectivity index (χ0v) is 8.20. The largest absolute Gasteiger partial charge is 0.330 e. The lowest BCUT2D eigenvalue weighted by Crippen LogP contribution is -2.03. The Kier molecular flexibility index (Phi) is 4.40. The predicted molar refractivity (Wildman–Crippen MR) is 56.6 cm³/mol. The van der Waals surface area contributed by atoms with Crippen LogP contribution in [0.1, 0.15) is 25.7 Å². The molecule has 0 unspecified atom stereocenters. The van der Waals surface area contributed by atoms with Crippen LogP contribution in [-0.4, -0.2) is 19.0 Å². The second-order valence-corrected chi connectivity index (χ2v) is 4.06. The number of aliphatic imine (C=N–C) groups is 1. The highest BCUT2D eigenvalue weighted by Crippen LogP contribution is 2.32. The molecule has 12 heavy (non-hydrogen) atoms. The summed E-state index contributed by atoms with van der Waals surface area (Å²) in [6.07, 6.45) is 4.85. The van der Waals surface area contributed by atoms with Gasteiger partial charge in [-0.15, -0.1) is 11.8 Å². The second-order valence-electron chi connectivity index (χ2n) is 2.87. The molecule has 0 aromatic rings. The maximum atomic E-state index is 5.44. The fourth-order valence-electron chi connectivity index (χ4n) is 1.37. The van der Waals surface area contributed by atoms with Crippen LogP contribution in [0.4, 0.5) is 0 Å². The Hall–Kier alpha value is -0.280. The number of thioether (sulfide) groups is 1. The molecule has 0 amide bonds. The van der Waals surface area contributed by atoms with Gasteiger partial charge in [-0.25, -0.2) is 0 Å². The number of allylic oxidation sites excluding steroid dienone is 2. The monoisotopic (exact) mass is 184 g/mol. The summed E-state index contributed by atoms with van der Waals surface area (Å²) in [5, 5.41) is 0. The van der Waals surface area contributed by atoms with Crippen molar-refractivity contribution < 1.29 is 0 Å². The molecule has 3 heteroatoms. The van der Waals surface area contributed by atoms with E-state index < -0.39 is 0 Å². The maximum Gasteiger partial charge on any atom is 0.0491 e. The minimum atomic E-state index is 0.749. The molecule has 2 N–H and O–H groups in total. The molecule has 68 valence electrons. The van der Waals surface area contributed by atoms with Gasteiger partial charge in [0.25, 0.3) is 0 Å². The van der Waals surface area contributed by atoms with E-state index in [1.807, 2.05) is 11.8 Å². The first-order chi connectivity index (χ1) is 5.88. The summed E-state index contributed by atoms with van der Waals surface area (Å²) in [7, 11) is 0. The quantitative estimate of drug-likeness (QED) is 0.680. The molecule has 0 aliphatic heterocycles. The molecule has 0 bridgehead atoms. The van der Waals surface area contributed by atoms with Gasteiger partial charge in [-0.2, -0.15) is 0 Å². The van der Waals surface area contributed by atoms with Gasteiger partial charge < -0.3 is 5.73 Å². The van der Waals surface area contributed by atoms with Gasteiger partial charge in [-0.3, -0.25) is 4.99 Å². The molecule has 0 saturated heterocycles. The van der Waals surface area contributed by atoms with Crippen LogP contribution in [0.5, 0.6) is 0 Å². The lowest BCUT2D eigenvalue weighted by molar-refractivity contribution is 0.690. The van der Waals surface area contributed by atoms with E-state index >= 15 is 0 Å². The Morgan fingerprint density at radius 2 is 2.17 bits per heavy atom. The van der Waals surface area contributed by atoms with Crippen LogP contribution in [0.3, 0.4) is 0 Å². The molecule has 1 aliphatic rings. The van der Waals surface area contributed by atoms with Crippen LogP contribution in [0.25, 0.3) is 0 Å². The standard InChI is InChI=1S/C9H16N2S/c1-11-8-4-2-3-5-9(8)12-7-6-10/h1-7,10H2. The Bertz CT molecular complexity index is 187. The van der Waals surface area contributed by atoms with Crippen molar-refractivity contribution >= 4 is 18.5 Å². The van der Waals surface area contributed by atoms with E-state index in [1.54, 1.807) is 0 Å². The van der Waals surface area contributed by atoms with Crippen molar-refractivity contribution in [2.45, 2.75) is 25.7 Å². The van der Waals surface area contributed by atoms with Gasteiger partial charge in [0.2, 0.25) is 0 Å². The van der Waals surface area contributed by atoms with Crippen molar-refractivity contribution in [2.75, 3.05) is 12.3 Å². The van der Waals surface area contributed by atoms with Crippen LogP contribution < -0.4 is 5.73 Å². The van der Waals surface area contributed by atoms with Gasteiger partial charge in [0.1, 0.15) is 0 Å². The molecule has 0 radical (unpaired) electrons. The lowest BCUT2D eigenvalue weighted by Gasteiger charge is -2.15. The summed E-state index contributed by atoms with van der Waals surface area (Å²) in [6, 6.07) is 0. The third-order valence-electron chi connectivity index (χ3n) is 1.97. The predicted octanol–water partition coefficient (Wildman–Crippen LogP) is 2.16. The summed E-state index contributed by atoms with van der Waals surface area (Å²) >= 11 is 1.85. The summed E-state index contributed by atoms with van der Waals surface area (Å²) in [5.74, 6) is 1.01. The Balaban J connectivity index is 2.53. The maximum absolute atomic E-state index is 5.44. The van der Waals surface area contributed by atoms with E-state index in [2.05, 4.69) is 11.7 Å². The van der Waals surface area contributed by atoms with Crippen LogP contribution >= 0.6 is 11.8 Å². The molecule has 0 fully saturated rings. The first kappa shape index (κ1) is 9.81. The minimum absolute atomic E-state index is 0.749. The van der Waals surface area contributed by atoms with E-state index in [-0.39, 0.29) is 0 Å². The molecule has 0 saturated carbocycles. The molecule has 0 aromatic carbocycles. The molecule has 2 nitrogen and oxygen atoms in total. The van der Waals surface area contributed by atoms with Crippen LogP contribution in [0, 0.1) is 0 Å². The minimum Gasteiger partial charge on any atom is -0.330 e. The second kappa shape index (κ2) is 5.38. The van der Waals surface area contributed by atoms with E-state index in [1.165, 1.54) is 29.9 Å². The highest BCUT2D eigenvalue weighted by Gasteiger charge is 2.11. The number of hydrogen-bond acceptors (Lipinski definition) is 3. The number of nitrogens with two attached hydrogens (primary N) is 1. The number of hydrogen-bond donors (Lipinski definition) is 1. The lowest BCUT2D eigenvalue weighted by atomic mass is 10.1. The Labute approximate surface area is 78.3 Å². The summed E-state index contributed by atoms with van der Waals surface area (Å²) < 4.78 is 0. The van der Waals surface area contributed by atoms with Crippen LogP contribution in [-0.2, 0) is 0 Å². The fourth-order valence-corrected chi connectivity index (χ4v) is 2.35. The van der Waals surface area contributed by atoms with Crippen molar-refractivity contribution in [2.24, 2.45) is 10.7 Å². The van der Waals surface area contributed by atoms with Gasteiger partial charge in [0.15, 0.2) is 0 Å². The topological polar surface area (TPSA) is 38.4 Å². The summed E-state index contributed by atoms with van der Waals surface area (Å²) in [6.45, 7) is 4.34. The van der Waals surface area contributed by atoms with Gasteiger partial charge >= 0.3 is 0 Å². The van der Waals surface area contributed by atoms with Crippen molar-refractivity contribution in [3.63, 3.8) is 0 Å². The smallest absolute Gasteiger partial charge is 0.0491 e. The summed E-state index contributed by atoms with van der Waals surface area (Å²) in [4.78, 5) is 5.47. The van der Waals surface area contributed by atoms with Crippen LogP contribution in [0.15, 0.2) is 15.6 Å². The van der Waals surface area contributed by atoms with Crippen molar-refractivity contribution in [3.8, 4) is 0 Å². The van der Waals surface area contributed by atoms with Crippen molar-refractivity contribution in [1.82, 2.24) is 0 Å². The van der Waals surface area contributed by atoms with E-state index in [4.69, 9.17) is 5.73 Å². The van der Waals surface area contributed by atoms with Crippen molar-refractivity contribution in [3.05, 3.63) is 10.6 Å². The van der Waals surface area contributed by atoms with Gasteiger partial charge in [-0.05, 0) is 32.4 Å². The zero-order valence-electron chi connectivity index (χ0n) is 7.38. The number of rotatable bonds is 4. The molecular formula is C9H16N2S. The third kappa shape index (κ3) is 2.64. The zero-order chi connectivity index (χ0) is 8.81. The van der Waals surface area contributed by atoms with E-state index in [0.29, 0.717) is 0 Å². The highest BCUT2D eigenvalue weighted by molar-refractivity contribution is 8.03. The molecular weight excluding hydrogens is 168 g/mol. The molecule has 0 heterocycles. The Morgan fingerprint density at radius 1 is 1.42 bits per heavy atom. The summed E-state index contributed by atoms with van der Waals surface area (Å²) in [5.41, 5.74) is 6.65. The fraction of sp³-hybridized carbons (Fsp3) is 0.667. The third-order valence-corrected chi connectivity index (χ3v) is 3.20.